The second-order valence-electron chi connectivity index (χ2n) is 3.47. The summed E-state index contributed by atoms with van der Waals surface area (Å²) < 4.78 is 46.1. The number of aliphatic carboxylic acids is 1. The van der Waals surface area contributed by atoms with Crippen LogP contribution >= 0.6 is 0 Å². The Bertz CT molecular complexity index is 218. The maximum Gasteiger partial charge on any atom is 0.404 e. The van der Waals surface area contributed by atoms with Crippen molar-refractivity contribution in [3.8, 4) is 0 Å². The molecular weight excluding hydrogens is 241 g/mol. The third kappa shape index (κ3) is 7.98. The van der Waals surface area contributed by atoms with E-state index in [9.17, 15) is 18.0 Å². The van der Waals surface area contributed by atoms with E-state index in [1.54, 1.807) is 0 Å². The summed E-state index contributed by atoms with van der Waals surface area (Å²) in [4.78, 5) is 10.3. The molecule has 0 aromatic heterocycles. The van der Waals surface area contributed by atoms with Gasteiger partial charge in [-0.05, 0) is 6.42 Å². The van der Waals surface area contributed by atoms with Crippen molar-refractivity contribution in [2.24, 2.45) is 5.92 Å². The number of hydrogen-bond donors (Lipinski definition) is 1. The van der Waals surface area contributed by atoms with Gasteiger partial charge in [-0.3, -0.25) is 4.79 Å². The lowest BCUT2D eigenvalue weighted by molar-refractivity contribution is -0.203. The third-order valence-corrected chi connectivity index (χ3v) is 1.99. The molecule has 0 rings (SSSR count). The molecule has 0 aliphatic carbocycles. The highest BCUT2D eigenvalue weighted by Crippen LogP contribution is 2.26. The highest BCUT2D eigenvalue weighted by atomic mass is 19.4. The van der Waals surface area contributed by atoms with Crippen molar-refractivity contribution in [2.45, 2.75) is 25.9 Å². The Balaban J connectivity index is 3.67. The van der Waals surface area contributed by atoms with Crippen molar-refractivity contribution in [3.63, 3.8) is 0 Å². The van der Waals surface area contributed by atoms with Crippen molar-refractivity contribution in [3.05, 3.63) is 0 Å². The Morgan fingerprint density at radius 1 is 1.24 bits per heavy atom. The van der Waals surface area contributed by atoms with Gasteiger partial charge >= 0.3 is 12.1 Å². The first-order valence-electron chi connectivity index (χ1n) is 5.34. The van der Waals surface area contributed by atoms with Crippen LogP contribution < -0.4 is 0 Å². The van der Waals surface area contributed by atoms with E-state index in [1.807, 2.05) is 6.92 Å². The fourth-order valence-corrected chi connectivity index (χ4v) is 0.973. The number of alkyl halides is 3. The molecule has 1 N–H and O–H groups in total. The summed E-state index contributed by atoms with van der Waals surface area (Å²) in [6.45, 7) is 1.77. The van der Waals surface area contributed by atoms with E-state index < -0.39 is 24.7 Å². The van der Waals surface area contributed by atoms with Crippen molar-refractivity contribution in [2.75, 3.05) is 26.4 Å². The molecule has 4 nitrogen and oxygen atoms in total. The van der Waals surface area contributed by atoms with Gasteiger partial charge in [0, 0.05) is 6.61 Å². The minimum absolute atomic E-state index is 0.0381. The molecule has 0 saturated heterocycles. The Hall–Kier alpha value is -0.820. The Labute approximate surface area is 97.7 Å². The predicted molar refractivity (Wildman–Crippen MR) is 53.7 cm³/mol. The molecule has 0 aromatic carbocycles. The lowest BCUT2D eigenvalue weighted by Crippen LogP contribution is -2.34. The Morgan fingerprint density at radius 2 is 1.82 bits per heavy atom. The molecule has 0 amide bonds. The van der Waals surface area contributed by atoms with Crippen molar-refractivity contribution < 1.29 is 32.5 Å². The number of ether oxygens (including phenoxy) is 2. The van der Waals surface area contributed by atoms with Gasteiger partial charge in [0.2, 0.25) is 0 Å². The molecule has 102 valence electrons. The molecule has 0 radical (unpaired) electrons. The maximum absolute atomic E-state index is 12.2. The minimum atomic E-state index is -4.78. The van der Waals surface area contributed by atoms with Crippen LogP contribution in [0.3, 0.4) is 0 Å². The van der Waals surface area contributed by atoms with Gasteiger partial charge in [0.15, 0.2) is 5.92 Å². The highest BCUT2D eigenvalue weighted by molar-refractivity contribution is 5.71. The van der Waals surface area contributed by atoms with E-state index in [-0.39, 0.29) is 13.2 Å². The number of carbonyl (C=O) groups is 1. The van der Waals surface area contributed by atoms with Crippen molar-refractivity contribution in [1.82, 2.24) is 0 Å². The zero-order valence-corrected chi connectivity index (χ0v) is 9.63. The quantitative estimate of drug-likeness (QED) is 0.643. The molecule has 1 atom stereocenters. The molecule has 1 unspecified atom stereocenters. The van der Waals surface area contributed by atoms with Crippen LogP contribution in [-0.2, 0) is 14.3 Å². The molecule has 0 aromatic rings. The van der Waals surface area contributed by atoms with Gasteiger partial charge in [-0.1, -0.05) is 13.3 Å². The number of carboxylic acid groups (broad SMARTS) is 1. The van der Waals surface area contributed by atoms with Gasteiger partial charge in [0.05, 0.1) is 19.8 Å². The first-order chi connectivity index (χ1) is 7.89. The van der Waals surface area contributed by atoms with E-state index in [2.05, 4.69) is 4.74 Å². The number of carboxylic acids is 1. The highest BCUT2D eigenvalue weighted by Gasteiger charge is 2.45. The number of rotatable bonds is 9. The molecule has 0 bridgehead atoms. The first kappa shape index (κ1) is 16.2. The SMILES string of the molecule is CCCCOCCOCC(C(=O)O)C(F)(F)F. The summed E-state index contributed by atoms with van der Waals surface area (Å²) in [5.41, 5.74) is 0. The van der Waals surface area contributed by atoms with Gasteiger partial charge < -0.3 is 14.6 Å². The standard InChI is InChI=1S/C10H17F3O4/c1-2-3-4-16-5-6-17-7-8(9(14)15)10(11,12)13/h8H,2-7H2,1H3,(H,14,15). The van der Waals surface area contributed by atoms with Gasteiger partial charge in [0.1, 0.15) is 0 Å². The van der Waals surface area contributed by atoms with Crippen molar-refractivity contribution >= 4 is 5.97 Å². The normalized spacial score (nSPS) is 13.6. The van der Waals surface area contributed by atoms with Crippen LogP contribution in [-0.4, -0.2) is 43.7 Å². The maximum atomic E-state index is 12.2. The largest absolute Gasteiger partial charge is 0.481 e. The van der Waals surface area contributed by atoms with Crippen LogP contribution in [0.2, 0.25) is 0 Å². The van der Waals surface area contributed by atoms with Crippen LogP contribution in [0.25, 0.3) is 0 Å². The van der Waals surface area contributed by atoms with E-state index >= 15 is 0 Å². The average molecular weight is 258 g/mol. The van der Waals surface area contributed by atoms with Crippen LogP contribution in [0.4, 0.5) is 13.2 Å². The fourth-order valence-electron chi connectivity index (χ4n) is 0.973. The van der Waals surface area contributed by atoms with Gasteiger partial charge in [-0.2, -0.15) is 13.2 Å². The molecule has 0 aliphatic heterocycles. The van der Waals surface area contributed by atoms with Crippen LogP contribution in [0.5, 0.6) is 0 Å². The molecule has 0 fully saturated rings. The second-order valence-corrected chi connectivity index (χ2v) is 3.47. The zero-order valence-electron chi connectivity index (χ0n) is 9.63. The molecule has 0 heterocycles. The number of hydrogen-bond acceptors (Lipinski definition) is 3. The second kappa shape index (κ2) is 8.30. The van der Waals surface area contributed by atoms with E-state index in [1.165, 1.54) is 0 Å². The van der Waals surface area contributed by atoms with Gasteiger partial charge in [-0.15, -0.1) is 0 Å². The number of halogens is 3. The molecular formula is C10H17F3O4. The fraction of sp³-hybridized carbons (Fsp3) is 0.900. The summed E-state index contributed by atoms with van der Waals surface area (Å²) >= 11 is 0. The molecule has 0 saturated carbocycles. The average Bonchev–Trinajstić information content (AvgIpc) is 2.19. The zero-order chi connectivity index (χ0) is 13.3. The lowest BCUT2D eigenvalue weighted by Gasteiger charge is -2.15. The smallest absolute Gasteiger partial charge is 0.404 e. The third-order valence-electron chi connectivity index (χ3n) is 1.99. The summed E-state index contributed by atoms with van der Waals surface area (Å²) in [7, 11) is 0. The van der Waals surface area contributed by atoms with E-state index in [0.29, 0.717) is 6.61 Å². The summed E-state index contributed by atoms with van der Waals surface area (Å²) in [6.07, 6.45) is -2.94. The van der Waals surface area contributed by atoms with Crippen LogP contribution in [0.15, 0.2) is 0 Å². The van der Waals surface area contributed by atoms with Crippen LogP contribution in [0, 0.1) is 5.92 Å². The summed E-state index contributed by atoms with van der Waals surface area (Å²) in [5.74, 6) is -4.40. The van der Waals surface area contributed by atoms with Crippen LogP contribution in [0.1, 0.15) is 19.8 Å². The topological polar surface area (TPSA) is 55.8 Å². The Morgan fingerprint density at radius 3 is 2.29 bits per heavy atom. The molecule has 0 aliphatic rings. The Kier molecular flexibility index (Phi) is 7.90. The van der Waals surface area contributed by atoms with E-state index in [0.717, 1.165) is 12.8 Å². The van der Waals surface area contributed by atoms with Crippen molar-refractivity contribution in [1.29, 1.82) is 0 Å². The van der Waals surface area contributed by atoms with E-state index in [4.69, 9.17) is 9.84 Å². The van der Waals surface area contributed by atoms with Gasteiger partial charge in [0.25, 0.3) is 0 Å². The summed E-state index contributed by atoms with van der Waals surface area (Å²) in [6, 6.07) is 0. The molecule has 7 heteroatoms. The minimum Gasteiger partial charge on any atom is -0.481 e. The predicted octanol–water partition coefficient (Wildman–Crippen LogP) is 2.08. The summed E-state index contributed by atoms with van der Waals surface area (Å²) in [5, 5.41) is 8.35. The van der Waals surface area contributed by atoms with Gasteiger partial charge in [-0.25, -0.2) is 0 Å². The molecule has 0 spiro atoms. The first-order valence-corrected chi connectivity index (χ1v) is 5.34. The molecule has 17 heavy (non-hydrogen) atoms. The monoisotopic (exact) mass is 258 g/mol. The number of unbranched alkanes of at least 4 members (excludes halogenated alkanes) is 1. The lowest BCUT2D eigenvalue weighted by atomic mass is 10.1.